The maximum absolute atomic E-state index is 12.2. The van der Waals surface area contributed by atoms with Gasteiger partial charge < -0.3 is 9.80 Å². The Kier molecular flexibility index (Phi) is 6.18. The molecule has 0 saturated carbocycles. The number of likely N-dealkylation sites (tertiary alicyclic amines) is 1. The quantitative estimate of drug-likeness (QED) is 0.723. The summed E-state index contributed by atoms with van der Waals surface area (Å²) in [4.78, 5) is 16.8. The van der Waals surface area contributed by atoms with Crippen LogP contribution in [0.3, 0.4) is 0 Å². The molecule has 0 spiro atoms. The summed E-state index contributed by atoms with van der Waals surface area (Å²) >= 11 is 1.78. The van der Waals surface area contributed by atoms with E-state index in [0.717, 1.165) is 44.6 Å². The van der Waals surface area contributed by atoms with Gasteiger partial charge in [0.1, 0.15) is 0 Å². The van der Waals surface area contributed by atoms with Crippen molar-refractivity contribution in [2.45, 2.75) is 26.7 Å². The molecule has 2 rings (SSSR count). The molecule has 0 aromatic carbocycles. The van der Waals surface area contributed by atoms with Crippen molar-refractivity contribution in [3.8, 4) is 0 Å². The van der Waals surface area contributed by atoms with Crippen LogP contribution in [-0.2, 0) is 4.79 Å². The highest BCUT2D eigenvalue weighted by Gasteiger charge is 2.26. The van der Waals surface area contributed by atoms with Gasteiger partial charge in [0.2, 0.25) is 5.91 Å². The van der Waals surface area contributed by atoms with Crippen LogP contribution in [0.4, 0.5) is 0 Å². The van der Waals surface area contributed by atoms with Gasteiger partial charge in [-0.25, -0.2) is 4.31 Å². The lowest BCUT2D eigenvalue weighted by Crippen LogP contribution is -2.46. The largest absolute Gasteiger partial charge is 0.340 e. The van der Waals surface area contributed by atoms with E-state index >= 15 is 0 Å². The number of hydrogen-bond donors (Lipinski definition) is 0. The Labute approximate surface area is 128 Å². The van der Waals surface area contributed by atoms with Crippen molar-refractivity contribution >= 4 is 17.9 Å². The van der Waals surface area contributed by atoms with Crippen LogP contribution < -0.4 is 0 Å². The second-order valence-electron chi connectivity index (χ2n) is 6.34. The first kappa shape index (κ1) is 16.1. The molecule has 2 aliphatic rings. The first-order chi connectivity index (χ1) is 9.60. The van der Waals surface area contributed by atoms with Gasteiger partial charge in [0.05, 0.1) is 0 Å². The Morgan fingerprint density at radius 2 is 1.90 bits per heavy atom. The molecule has 2 fully saturated rings. The van der Waals surface area contributed by atoms with E-state index in [4.69, 9.17) is 0 Å². The number of piperazine rings is 1. The third-order valence-electron chi connectivity index (χ3n) is 4.74. The van der Waals surface area contributed by atoms with Crippen LogP contribution in [-0.4, -0.2) is 72.1 Å². The van der Waals surface area contributed by atoms with E-state index in [1.807, 2.05) is 4.90 Å². The zero-order valence-electron chi connectivity index (χ0n) is 13.2. The topological polar surface area (TPSA) is 26.8 Å². The SMILES string of the molecule is CSN1CCN(C(=O)CCN2CC[C@H](C(C)C)C2)CC1. The molecule has 2 heterocycles. The van der Waals surface area contributed by atoms with Crippen molar-refractivity contribution in [1.29, 1.82) is 0 Å². The molecule has 0 aromatic heterocycles. The molecule has 1 amide bonds. The lowest BCUT2D eigenvalue weighted by molar-refractivity contribution is -0.132. The van der Waals surface area contributed by atoms with Gasteiger partial charge in [-0.2, -0.15) is 0 Å². The van der Waals surface area contributed by atoms with Crippen LogP contribution in [0.15, 0.2) is 0 Å². The third kappa shape index (κ3) is 4.37. The van der Waals surface area contributed by atoms with Crippen molar-refractivity contribution < 1.29 is 4.79 Å². The molecule has 0 bridgehead atoms. The maximum Gasteiger partial charge on any atom is 0.223 e. The third-order valence-corrected chi connectivity index (χ3v) is 5.62. The highest BCUT2D eigenvalue weighted by Crippen LogP contribution is 2.23. The van der Waals surface area contributed by atoms with Gasteiger partial charge in [0.25, 0.3) is 0 Å². The molecule has 0 aromatic rings. The Morgan fingerprint density at radius 3 is 2.45 bits per heavy atom. The average molecular weight is 299 g/mol. The minimum absolute atomic E-state index is 0.346. The van der Waals surface area contributed by atoms with E-state index in [9.17, 15) is 4.79 Å². The van der Waals surface area contributed by atoms with Crippen LogP contribution in [0, 0.1) is 11.8 Å². The fraction of sp³-hybridized carbons (Fsp3) is 0.933. The molecule has 1 atom stereocenters. The average Bonchev–Trinajstić information content (AvgIpc) is 2.94. The molecule has 0 N–H and O–H groups in total. The van der Waals surface area contributed by atoms with Gasteiger partial charge in [-0.05, 0) is 31.1 Å². The number of hydrogen-bond acceptors (Lipinski definition) is 4. The first-order valence-electron chi connectivity index (χ1n) is 7.89. The summed E-state index contributed by atoms with van der Waals surface area (Å²) in [5.41, 5.74) is 0. The lowest BCUT2D eigenvalue weighted by atomic mass is 9.95. The Balaban J connectivity index is 1.66. The second-order valence-corrected chi connectivity index (χ2v) is 7.22. The molecule has 0 unspecified atom stereocenters. The zero-order valence-corrected chi connectivity index (χ0v) is 14.0. The first-order valence-corrected chi connectivity index (χ1v) is 9.07. The number of amides is 1. The number of nitrogens with zero attached hydrogens (tertiary/aromatic N) is 3. The van der Waals surface area contributed by atoms with Gasteiger partial charge >= 0.3 is 0 Å². The monoisotopic (exact) mass is 299 g/mol. The summed E-state index contributed by atoms with van der Waals surface area (Å²) in [6.07, 6.45) is 4.11. The smallest absolute Gasteiger partial charge is 0.223 e. The molecule has 2 aliphatic heterocycles. The van der Waals surface area contributed by atoms with Gasteiger partial charge in [-0.1, -0.05) is 25.8 Å². The summed E-state index contributed by atoms with van der Waals surface area (Å²) < 4.78 is 2.33. The molecule has 2 saturated heterocycles. The molecular formula is C15H29N3OS. The van der Waals surface area contributed by atoms with E-state index in [2.05, 4.69) is 29.3 Å². The summed E-state index contributed by atoms with van der Waals surface area (Å²) in [5.74, 6) is 1.95. The molecule has 5 heteroatoms. The molecule has 0 aliphatic carbocycles. The van der Waals surface area contributed by atoms with Crippen LogP contribution in [0.5, 0.6) is 0 Å². The Hall–Kier alpha value is -0.260. The molecule has 20 heavy (non-hydrogen) atoms. The summed E-state index contributed by atoms with van der Waals surface area (Å²) in [6, 6.07) is 0. The van der Waals surface area contributed by atoms with Crippen molar-refractivity contribution in [3.05, 3.63) is 0 Å². The minimum Gasteiger partial charge on any atom is -0.340 e. The molecule has 116 valence electrons. The molecular weight excluding hydrogens is 270 g/mol. The maximum atomic E-state index is 12.2. The lowest BCUT2D eigenvalue weighted by Gasteiger charge is -2.33. The van der Waals surface area contributed by atoms with Crippen molar-refractivity contribution in [2.24, 2.45) is 11.8 Å². The van der Waals surface area contributed by atoms with Crippen molar-refractivity contribution in [3.63, 3.8) is 0 Å². The van der Waals surface area contributed by atoms with Crippen LogP contribution in [0.1, 0.15) is 26.7 Å². The van der Waals surface area contributed by atoms with Gasteiger partial charge in [-0.3, -0.25) is 4.79 Å². The van der Waals surface area contributed by atoms with Crippen molar-refractivity contribution in [1.82, 2.24) is 14.1 Å². The predicted molar refractivity (Wildman–Crippen MR) is 85.7 cm³/mol. The fourth-order valence-corrected chi connectivity index (χ4v) is 3.67. The summed E-state index contributed by atoms with van der Waals surface area (Å²) in [5, 5.41) is 0. The predicted octanol–water partition coefficient (Wildman–Crippen LogP) is 1.78. The molecule has 4 nitrogen and oxygen atoms in total. The van der Waals surface area contributed by atoms with Gasteiger partial charge in [0, 0.05) is 45.7 Å². The Morgan fingerprint density at radius 1 is 1.20 bits per heavy atom. The Bertz CT molecular complexity index is 316. The van der Waals surface area contributed by atoms with Crippen molar-refractivity contribution in [2.75, 3.05) is 52.1 Å². The van der Waals surface area contributed by atoms with E-state index in [-0.39, 0.29) is 0 Å². The van der Waals surface area contributed by atoms with Crippen LogP contribution in [0.25, 0.3) is 0 Å². The van der Waals surface area contributed by atoms with E-state index in [1.54, 1.807) is 11.9 Å². The number of rotatable bonds is 5. The van der Waals surface area contributed by atoms with Crippen LogP contribution in [0.2, 0.25) is 0 Å². The highest BCUT2D eigenvalue weighted by atomic mass is 32.2. The standard InChI is InChI=1S/C15H29N3OS/c1-13(2)14-4-6-16(12-14)7-5-15(19)17-8-10-18(20-3)11-9-17/h13-14H,4-12H2,1-3H3/t14-/m0/s1. The minimum atomic E-state index is 0.346. The van der Waals surface area contributed by atoms with Crippen LogP contribution >= 0.6 is 11.9 Å². The number of carbonyl (C=O) groups excluding carboxylic acids is 1. The zero-order chi connectivity index (χ0) is 14.5. The van der Waals surface area contributed by atoms with E-state index < -0.39 is 0 Å². The molecule has 0 radical (unpaired) electrons. The fourth-order valence-electron chi connectivity index (χ4n) is 3.14. The van der Waals surface area contributed by atoms with E-state index in [1.165, 1.54) is 19.5 Å². The second kappa shape index (κ2) is 7.66. The van der Waals surface area contributed by atoms with Gasteiger partial charge in [-0.15, -0.1) is 0 Å². The van der Waals surface area contributed by atoms with Gasteiger partial charge in [0.15, 0.2) is 0 Å². The summed E-state index contributed by atoms with van der Waals surface area (Å²) in [6.45, 7) is 11.7. The summed E-state index contributed by atoms with van der Waals surface area (Å²) in [7, 11) is 0. The van der Waals surface area contributed by atoms with E-state index in [0.29, 0.717) is 12.3 Å². The highest BCUT2D eigenvalue weighted by molar-refractivity contribution is 7.96. The normalized spacial score (nSPS) is 25.6. The number of carbonyl (C=O) groups is 1.